The minimum absolute atomic E-state index is 0.0279. The summed E-state index contributed by atoms with van der Waals surface area (Å²) < 4.78 is 31.9. The Kier molecular flexibility index (Phi) is 4.12. The zero-order valence-electron chi connectivity index (χ0n) is 14.5. The van der Waals surface area contributed by atoms with Gasteiger partial charge in [-0.05, 0) is 0 Å². The van der Waals surface area contributed by atoms with Gasteiger partial charge in [-0.25, -0.2) is 13.4 Å². The Balaban J connectivity index is 1.52. The molecule has 5 atom stereocenters. The molecule has 0 aliphatic carbocycles. The van der Waals surface area contributed by atoms with Gasteiger partial charge in [-0.3, -0.25) is 4.79 Å². The topological polar surface area (TPSA) is 93.5 Å². The number of nitrogens with zero attached hydrogens (tertiary/aromatic N) is 3. The van der Waals surface area contributed by atoms with Crippen LogP contribution in [0, 0.1) is 11.8 Å². The van der Waals surface area contributed by atoms with Crippen molar-refractivity contribution in [1.82, 2.24) is 19.8 Å². The van der Waals surface area contributed by atoms with E-state index in [4.69, 9.17) is 4.74 Å². The molecule has 0 spiro atoms. The lowest BCUT2D eigenvalue weighted by Crippen LogP contribution is -2.39. The van der Waals surface area contributed by atoms with E-state index >= 15 is 0 Å². The number of ether oxygens (including phenoxy) is 1. The van der Waals surface area contributed by atoms with E-state index in [1.54, 1.807) is 18.3 Å². The van der Waals surface area contributed by atoms with Gasteiger partial charge >= 0.3 is 0 Å². The number of methoxy groups -OCH3 is 1. The van der Waals surface area contributed by atoms with Crippen LogP contribution in [0.2, 0.25) is 0 Å². The van der Waals surface area contributed by atoms with Gasteiger partial charge in [0, 0.05) is 58.4 Å². The van der Waals surface area contributed by atoms with Gasteiger partial charge in [-0.15, -0.1) is 0 Å². The Bertz CT molecular complexity index is 777. The molecule has 3 aliphatic heterocycles. The average Bonchev–Trinajstić information content (AvgIpc) is 3.31. The summed E-state index contributed by atoms with van der Waals surface area (Å²) in [4.78, 5) is 19.2. The second kappa shape index (κ2) is 6.07. The molecule has 1 aromatic heterocycles. The molecule has 0 unspecified atom stereocenters. The van der Waals surface area contributed by atoms with Gasteiger partial charge in [-0.2, -0.15) is 0 Å². The Hall–Kier alpha value is -1.45. The summed E-state index contributed by atoms with van der Waals surface area (Å²) in [6.45, 7) is 2.07. The van der Waals surface area contributed by atoms with Crippen LogP contribution in [0.3, 0.4) is 0 Å². The molecule has 138 valence electrons. The molecule has 1 N–H and O–H groups in total. The molecule has 0 bridgehead atoms. The number of likely N-dealkylation sites (tertiary alicyclic amines) is 1. The summed E-state index contributed by atoms with van der Waals surface area (Å²) in [5, 5.41) is 2.80. The molecule has 0 radical (unpaired) electrons. The second-order valence-electron chi connectivity index (χ2n) is 7.38. The second-order valence-corrected chi connectivity index (χ2v) is 9.65. The predicted molar refractivity (Wildman–Crippen MR) is 90.8 cm³/mol. The molecule has 8 nitrogen and oxygen atoms in total. The van der Waals surface area contributed by atoms with Gasteiger partial charge < -0.3 is 19.5 Å². The van der Waals surface area contributed by atoms with Crippen LogP contribution in [0.1, 0.15) is 11.6 Å². The van der Waals surface area contributed by atoms with Gasteiger partial charge in [-0.1, -0.05) is 0 Å². The molecule has 4 rings (SSSR count). The average molecular weight is 368 g/mol. The van der Waals surface area contributed by atoms with E-state index in [1.165, 1.54) is 0 Å². The molecule has 3 fully saturated rings. The Morgan fingerprint density at radius 1 is 1.36 bits per heavy atom. The summed E-state index contributed by atoms with van der Waals surface area (Å²) in [6.07, 6.45) is 3.38. The van der Waals surface area contributed by atoms with E-state index < -0.39 is 15.1 Å². The van der Waals surface area contributed by atoms with Crippen LogP contribution >= 0.6 is 0 Å². The lowest BCUT2D eigenvalue weighted by molar-refractivity contribution is -0.134. The number of aryl methyl sites for hydroxylation is 1. The van der Waals surface area contributed by atoms with Crippen LogP contribution < -0.4 is 5.32 Å². The highest BCUT2D eigenvalue weighted by Crippen LogP contribution is 2.37. The number of imidazole rings is 1. The molecule has 9 heteroatoms. The zero-order valence-corrected chi connectivity index (χ0v) is 15.3. The third-order valence-electron chi connectivity index (χ3n) is 5.90. The van der Waals surface area contributed by atoms with Gasteiger partial charge in [0.1, 0.15) is 0 Å². The van der Waals surface area contributed by atoms with Crippen LogP contribution in [-0.2, 0) is 26.4 Å². The van der Waals surface area contributed by atoms with E-state index in [0.717, 1.165) is 5.69 Å². The van der Waals surface area contributed by atoms with E-state index in [0.29, 0.717) is 19.6 Å². The Morgan fingerprint density at radius 2 is 2.16 bits per heavy atom. The SMILES string of the molecule is CO[C@@H]1CS(=O)(=O)[C@@H]2CN(C(=O)[C@@H]3CNC[C@H]3c3cn(C)cn3)C[C@@H]21. The molecule has 3 aliphatic rings. The number of sulfone groups is 1. The first kappa shape index (κ1) is 17.0. The highest BCUT2D eigenvalue weighted by atomic mass is 32.2. The van der Waals surface area contributed by atoms with Gasteiger partial charge in [0.2, 0.25) is 5.91 Å². The van der Waals surface area contributed by atoms with Crippen molar-refractivity contribution in [2.24, 2.45) is 18.9 Å². The first-order valence-electron chi connectivity index (χ1n) is 8.62. The Morgan fingerprint density at radius 3 is 2.84 bits per heavy atom. The van der Waals surface area contributed by atoms with Crippen LogP contribution in [0.4, 0.5) is 0 Å². The van der Waals surface area contributed by atoms with E-state index in [1.807, 2.05) is 17.8 Å². The molecule has 3 saturated heterocycles. The fourth-order valence-electron chi connectivity index (χ4n) is 4.54. The van der Waals surface area contributed by atoms with Crippen molar-refractivity contribution in [3.05, 3.63) is 18.2 Å². The lowest BCUT2D eigenvalue weighted by atomic mass is 9.92. The minimum atomic E-state index is -3.19. The van der Waals surface area contributed by atoms with Gasteiger partial charge in [0.15, 0.2) is 9.84 Å². The highest BCUT2D eigenvalue weighted by molar-refractivity contribution is 7.92. The van der Waals surface area contributed by atoms with Crippen LogP contribution in [0.25, 0.3) is 0 Å². The standard InChI is InChI=1S/C16H24N4O4S/c1-19-6-13(18-9-19)10-3-17-4-11(10)16(21)20-5-12-14(24-2)8-25(22,23)15(12)7-20/h6,9-12,14-15,17H,3-5,7-8H2,1-2H3/t10-,11-,12-,14-,15-/m1/s1. The van der Waals surface area contributed by atoms with Crippen LogP contribution in [0.15, 0.2) is 12.5 Å². The fourth-order valence-corrected chi connectivity index (χ4v) is 6.83. The lowest BCUT2D eigenvalue weighted by Gasteiger charge is -2.25. The predicted octanol–water partition coefficient (Wildman–Crippen LogP) is -1.01. The first-order chi connectivity index (χ1) is 11.9. The number of aromatic nitrogens is 2. The monoisotopic (exact) mass is 368 g/mol. The van der Waals surface area contributed by atoms with Gasteiger partial charge in [0.05, 0.1) is 35.0 Å². The van der Waals surface area contributed by atoms with Crippen molar-refractivity contribution in [3.8, 4) is 0 Å². The summed E-state index contributed by atoms with van der Waals surface area (Å²) in [6, 6.07) is 0. The first-order valence-corrected chi connectivity index (χ1v) is 10.3. The van der Waals surface area contributed by atoms with Crippen molar-refractivity contribution < 1.29 is 17.9 Å². The number of carbonyl (C=O) groups excluding carboxylic acids is 1. The van der Waals surface area contributed by atoms with Crippen LogP contribution in [0.5, 0.6) is 0 Å². The Labute approximate surface area is 147 Å². The molecule has 1 amide bonds. The number of carbonyl (C=O) groups is 1. The van der Waals surface area contributed by atoms with E-state index in [9.17, 15) is 13.2 Å². The maximum absolute atomic E-state index is 13.1. The van der Waals surface area contributed by atoms with Crippen molar-refractivity contribution in [2.75, 3.05) is 39.0 Å². The number of hydrogen-bond donors (Lipinski definition) is 1. The van der Waals surface area contributed by atoms with Crippen molar-refractivity contribution >= 4 is 15.7 Å². The summed E-state index contributed by atoms with van der Waals surface area (Å²) in [5.74, 6) is -0.175. The quantitative estimate of drug-likeness (QED) is 0.735. The normalized spacial score (nSPS) is 36.7. The van der Waals surface area contributed by atoms with Crippen LogP contribution in [-0.4, -0.2) is 79.2 Å². The highest BCUT2D eigenvalue weighted by Gasteiger charge is 2.54. The maximum Gasteiger partial charge on any atom is 0.227 e. The number of nitrogens with one attached hydrogen (secondary N) is 1. The summed E-state index contributed by atoms with van der Waals surface area (Å²) >= 11 is 0. The molecule has 0 aromatic carbocycles. The summed E-state index contributed by atoms with van der Waals surface area (Å²) in [7, 11) is 0.269. The number of hydrogen-bond acceptors (Lipinski definition) is 6. The maximum atomic E-state index is 13.1. The molecule has 1 aromatic rings. The van der Waals surface area contributed by atoms with Crippen molar-refractivity contribution in [3.63, 3.8) is 0 Å². The molecule has 25 heavy (non-hydrogen) atoms. The number of rotatable bonds is 3. The fraction of sp³-hybridized carbons (Fsp3) is 0.750. The third-order valence-corrected chi connectivity index (χ3v) is 8.11. The van der Waals surface area contributed by atoms with E-state index in [-0.39, 0.29) is 42.1 Å². The minimum Gasteiger partial charge on any atom is -0.380 e. The van der Waals surface area contributed by atoms with E-state index in [2.05, 4.69) is 10.3 Å². The number of amides is 1. The summed E-state index contributed by atoms with van der Waals surface area (Å²) in [5.41, 5.74) is 0.910. The van der Waals surface area contributed by atoms with Crippen molar-refractivity contribution in [2.45, 2.75) is 17.3 Å². The zero-order chi connectivity index (χ0) is 17.8. The largest absolute Gasteiger partial charge is 0.380 e. The smallest absolute Gasteiger partial charge is 0.227 e. The molecule has 4 heterocycles. The number of fused-ring (bicyclic) bond motifs is 1. The molecular weight excluding hydrogens is 344 g/mol. The van der Waals surface area contributed by atoms with Crippen molar-refractivity contribution in [1.29, 1.82) is 0 Å². The molecule has 0 saturated carbocycles. The van der Waals surface area contributed by atoms with Gasteiger partial charge in [0.25, 0.3) is 0 Å². The third kappa shape index (κ3) is 2.78. The molecular formula is C16H24N4O4S.